The number of aryl methyl sites for hydroxylation is 1. The van der Waals surface area contributed by atoms with E-state index in [1.54, 1.807) is 0 Å². The molecule has 1 fully saturated rings. The summed E-state index contributed by atoms with van der Waals surface area (Å²) < 4.78 is 4.62. The summed E-state index contributed by atoms with van der Waals surface area (Å²) in [5.41, 5.74) is 2.13. The van der Waals surface area contributed by atoms with Crippen molar-refractivity contribution in [2.24, 2.45) is 0 Å². The van der Waals surface area contributed by atoms with Gasteiger partial charge in [0, 0.05) is 12.1 Å². The van der Waals surface area contributed by atoms with Crippen LogP contribution in [0.5, 0.6) is 5.75 Å². The van der Waals surface area contributed by atoms with Crippen LogP contribution in [0.4, 0.5) is 11.4 Å². The Balaban J connectivity index is 1.64. The zero-order valence-corrected chi connectivity index (χ0v) is 14.8. The van der Waals surface area contributed by atoms with E-state index in [-0.39, 0.29) is 30.0 Å². The Bertz CT molecular complexity index is 846. The lowest BCUT2D eigenvalue weighted by Crippen LogP contribution is -2.34. The van der Waals surface area contributed by atoms with Gasteiger partial charge < -0.3 is 15.2 Å². The van der Waals surface area contributed by atoms with E-state index < -0.39 is 6.04 Å². The third-order valence-corrected chi connectivity index (χ3v) is 4.39. The number of aromatic hydroxyl groups is 1. The second kappa shape index (κ2) is 7.90. The number of imide groups is 1. The molecule has 0 saturated carbocycles. The van der Waals surface area contributed by atoms with Gasteiger partial charge in [0.1, 0.15) is 11.8 Å². The lowest BCUT2D eigenvalue weighted by atomic mass is 10.1. The fourth-order valence-corrected chi connectivity index (χ4v) is 2.93. The molecule has 1 heterocycles. The molecule has 7 heteroatoms. The molecule has 2 aromatic rings. The van der Waals surface area contributed by atoms with Gasteiger partial charge in [-0.1, -0.05) is 12.1 Å². The number of nitrogens with zero attached hydrogens (tertiary/aromatic N) is 1. The summed E-state index contributed by atoms with van der Waals surface area (Å²) in [4.78, 5) is 37.2. The Hall–Kier alpha value is -3.35. The number of methoxy groups -OCH3 is 1. The molecule has 0 spiro atoms. The maximum atomic E-state index is 12.6. The van der Waals surface area contributed by atoms with Gasteiger partial charge in [-0.2, -0.15) is 0 Å². The fourth-order valence-electron chi connectivity index (χ4n) is 2.93. The van der Waals surface area contributed by atoms with E-state index in [1.165, 1.54) is 31.4 Å². The number of phenolic OH excluding ortho intramolecular Hbond substituents is 1. The predicted octanol–water partition coefficient (Wildman–Crippen LogP) is 2.24. The average molecular weight is 368 g/mol. The number of nitrogens with one attached hydrogen (secondary N) is 1. The van der Waals surface area contributed by atoms with Crippen LogP contribution in [-0.2, 0) is 25.5 Å². The number of carbonyl (C=O) groups is 3. The lowest BCUT2D eigenvalue weighted by Gasteiger charge is -2.16. The zero-order chi connectivity index (χ0) is 19.4. The van der Waals surface area contributed by atoms with Gasteiger partial charge in [-0.3, -0.25) is 14.4 Å². The number of carbonyl (C=O) groups excluding carboxylic acids is 3. The van der Waals surface area contributed by atoms with Crippen molar-refractivity contribution in [2.75, 3.05) is 17.3 Å². The number of esters is 1. The summed E-state index contributed by atoms with van der Waals surface area (Å²) in [6, 6.07) is 12.6. The number of anilines is 2. The Morgan fingerprint density at radius 2 is 1.81 bits per heavy atom. The highest BCUT2D eigenvalue weighted by atomic mass is 16.5. The minimum Gasteiger partial charge on any atom is -0.508 e. The molecule has 7 nitrogen and oxygen atoms in total. The van der Waals surface area contributed by atoms with E-state index >= 15 is 0 Å². The molecule has 0 aliphatic carbocycles. The van der Waals surface area contributed by atoms with E-state index in [9.17, 15) is 19.5 Å². The van der Waals surface area contributed by atoms with Gasteiger partial charge >= 0.3 is 5.97 Å². The predicted molar refractivity (Wildman–Crippen MR) is 99.4 cm³/mol. The lowest BCUT2D eigenvalue weighted by molar-refractivity contribution is -0.140. The van der Waals surface area contributed by atoms with Crippen molar-refractivity contribution in [3.8, 4) is 5.75 Å². The van der Waals surface area contributed by atoms with Gasteiger partial charge in [-0.05, 0) is 48.4 Å². The second-order valence-electron chi connectivity index (χ2n) is 6.26. The SMILES string of the molecule is COC(=O)CCc1ccc(NC2CC(=O)N(c3ccc(O)cc3)C2=O)cc1. The topological polar surface area (TPSA) is 95.9 Å². The first-order valence-corrected chi connectivity index (χ1v) is 8.56. The molecule has 140 valence electrons. The van der Waals surface area contributed by atoms with Gasteiger partial charge in [0.05, 0.1) is 19.2 Å². The molecular formula is C20H20N2O5. The Kier molecular flexibility index (Phi) is 5.40. The number of rotatable bonds is 6. The molecule has 1 saturated heterocycles. The summed E-state index contributed by atoms with van der Waals surface area (Å²) in [5.74, 6) is -0.820. The second-order valence-corrected chi connectivity index (χ2v) is 6.26. The average Bonchev–Trinajstić information content (AvgIpc) is 2.95. The largest absolute Gasteiger partial charge is 0.508 e. The quantitative estimate of drug-likeness (QED) is 0.600. The molecule has 2 N–H and O–H groups in total. The third-order valence-electron chi connectivity index (χ3n) is 4.39. The first-order chi connectivity index (χ1) is 13.0. The van der Waals surface area contributed by atoms with Gasteiger partial charge in [-0.15, -0.1) is 0 Å². The molecule has 2 aromatic carbocycles. The van der Waals surface area contributed by atoms with E-state index in [0.717, 1.165) is 16.2 Å². The first-order valence-electron chi connectivity index (χ1n) is 8.56. The highest BCUT2D eigenvalue weighted by Gasteiger charge is 2.39. The Morgan fingerprint density at radius 3 is 2.44 bits per heavy atom. The van der Waals surface area contributed by atoms with Crippen LogP contribution in [0.2, 0.25) is 0 Å². The van der Waals surface area contributed by atoms with E-state index in [4.69, 9.17) is 0 Å². The molecule has 1 unspecified atom stereocenters. The van der Waals surface area contributed by atoms with Gasteiger partial charge in [0.25, 0.3) is 5.91 Å². The standard InChI is InChI=1S/C20H20N2O5/c1-27-19(25)11-4-13-2-5-14(6-3-13)21-17-12-18(24)22(20(17)26)15-7-9-16(23)10-8-15/h2-3,5-10,17,21,23H,4,11-12H2,1H3. The van der Waals surface area contributed by atoms with Crippen molar-refractivity contribution in [3.05, 3.63) is 54.1 Å². The molecule has 27 heavy (non-hydrogen) atoms. The number of hydrogen-bond acceptors (Lipinski definition) is 6. The monoisotopic (exact) mass is 368 g/mol. The Labute approximate surface area is 156 Å². The number of phenols is 1. The smallest absolute Gasteiger partial charge is 0.305 e. The summed E-state index contributed by atoms with van der Waals surface area (Å²) in [6.07, 6.45) is 0.937. The van der Waals surface area contributed by atoms with E-state index in [0.29, 0.717) is 18.5 Å². The van der Waals surface area contributed by atoms with Crippen LogP contribution in [0.15, 0.2) is 48.5 Å². The zero-order valence-electron chi connectivity index (χ0n) is 14.8. The molecule has 0 bridgehead atoms. The molecule has 0 radical (unpaired) electrons. The minimum absolute atomic E-state index is 0.0593. The number of hydrogen-bond donors (Lipinski definition) is 2. The fraction of sp³-hybridized carbons (Fsp3) is 0.250. The summed E-state index contributed by atoms with van der Waals surface area (Å²) >= 11 is 0. The van der Waals surface area contributed by atoms with Crippen LogP contribution in [0.3, 0.4) is 0 Å². The van der Waals surface area contributed by atoms with Crippen LogP contribution in [-0.4, -0.2) is 36.0 Å². The van der Waals surface area contributed by atoms with Crippen molar-refractivity contribution < 1.29 is 24.2 Å². The summed E-state index contributed by atoms with van der Waals surface area (Å²) in [6.45, 7) is 0. The summed E-state index contributed by atoms with van der Waals surface area (Å²) in [5, 5.41) is 12.4. The van der Waals surface area contributed by atoms with Crippen LogP contribution < -0.4 is 10.2 Å². The van der Waals surface area contributed by atoms with Crippen molar-refractivity contribution in [2.45, 2.75) is 25.3 Å². The van der Waals surface area contributed by atoms with Gasteiger partial charge in [-0.25, -0.2) is 4.90 Å². The van der Waals surface area contributed by atoms with Crippen molar-refractivity contribution in [1.29, 1.82) is 0 Å². The Morgan fingerprint density at radius 1 is 1.15 bits per heavy atom. The number of ether oxygens (including phenoxy) is 1. The molecule has 1 aliphatic heterocycles. The van der Waals surface area contributed by atoms with Crippen LogP contribution >= 0.6 is 0 Å². The highest BCUT2D eigenvalue weighted by molar-refractivity contribution is 6.23. The third kappa shape index (κ3) is 4.25. The van der Waals surface area contributed by atoms with Gasteiger partial charge in [0.15, 0.2) is 0 Å². The molecule has 2 amide bonds. The first kappa shape index (κ1) is 18.4. The number of benzene rings is 2. The molecule has 3 rings (SSSR count). The van der Waals surface area contributed by atoms with Crippen molar-refractivity contribution in [1.82, 2.24) is 0 Å². The minimum atomic E-state index is -0.646. The van der Waals surface area contributed by atoms with Crippen LogP contribution in [0.25, 0.3) is 0 Å². The van der Waals surface area contributed by atoms with E-state index in [2.05, 4.69) is 10.1 Å². The molecular weight excluding hydrogens is 348 g/mol. The highest BCUT2D eigenvalue weighted by Crippen LogP contribution is 2.26. The molecule has 1 aliphatic rings. The van der Waals surface area contributed by atoms with Gasteiger partial charge in [0.2, 0.25) is 5.91 Å². The normalized spacial score (nSPS) is 16.5. The number of amides is 2. The van der Waals surface area contributed by atoms with Crippen LogP contribution in [0.1, 0.15) is 18.4 Å². The van der Waals surface area contributed by atoms with Crippen LogP contribution in [0, 0.1) is 0 Å². The van der Waals surface area contributed by atoms with Crippen molar-refractivity contribution >= 4 is 29.2 Å². The van der Waals surface area contributed by atoms with E-state index in [1.807, 2.05) is 24.3 Å². The molecule has 1 atom stereocenters. The summed E-state index contributed by atoms with van der Waals surface area (Å²) in [7, 11) is 1.36. The maximum Gasteiger partial charge on any atom is 0.305 e. The van der Waals surface area contributed by atoms with Crippen molar-refractivity contribution in [3.63, 3.8) is 0 Å². The molecule has 0 aromatic heterocycles. The maximum absolute atomic E-state index is 12.6.